The molecule has 0 aliphatic heterocycles. The fraction of sp³-hybridized carbons (Fsp3) is 0.158. The highest BCUT2D eigenvalue weighted by Gasteiger charge is 2.15. The van der Waals surface area contributed by atoms with Crippen LogP contribution in [0.2, 0.25) is 0 Å². The molecule has 0 atom stereocenters. The van der Waals surface area contributed by atoms with E-state index in [0.717, 1.165) is 5.56 Å². The summed E-state index contributed by atoms with van der Waals surface area (Å²) >= 11 is 0. The van der Waals surface area contributed by atoms with Gasteiger partial charge in [-0.15, -0.1) is 0 Å². The Morgan fingerprint density at radius 2 is 1.80 bits per heavy atom. The lowest BCUT2D eigenvalue weighted by atomic mass is 10.1. The van der Waals surface area contributed by atoms with Crippen molar-refractivity contribution in [3.63, 3.8) is 0 Å². The molecule has 1 amide bonds. The van der Waals surface area contributed by atoms with E-state index in [1.807, 2.05) is 19.1 Å². The summed E-state index contributed by atoms with van der Waals surface area (Å²) in [5, 5.41) is 3.36. The number of methoxy groups -OCH3 is 2. The number of benzene rings is 2. The Morgan fingerprint density at radius 3 is 2.52 bits per heavy atom. The number of carbonyl (C=O) groups is 1. The van der Waals surface area contributed by atoms with Gasteiger partial charge in [-0.2, -0.15) is 0 Å². The van der Waals surface area contributed by atoms with Crippen molar-refractivity contribution < 1.29 is 18.7 Å². The third-order valence-corrected chi connectivity index (χ3v) is 3.84. The number of para-hydroxylation sites is 1. The summed E-state index contributed by atoms with van der Waals surface area (Å²) in [5.41, 5.74) is 1.05. The molecule has 0 aliphatic rings. The molecule has 1 N–H and O–H groups in total. The van der Waals surface area contributed by atoms with Crippen LogP contribution in [0.4, 0.5) is 5.69 Å². The van der Waals surface area contributed by atoms with Gasteiger partial charge in [0, 0.05) is 17.1 Å². The quantitative estimate of drug-likeness (QED) is 0.737. The molecule has 0 saturated heterocycles. The van der Waals surface area contributed by atoms with E-state index >= 15 is 0 Å². The number of ether oxygens (including phenoxy) is 2. The molecule has 1 aromatic heterocycles. The zero-order valence-corrected chi connectivity index (χ0v) is 14.1. The van der Waals surface area contributed by atoms with Gasteiger partial charge < -0.3 is 19.2 Å². The summed E-state index contributed by atoms with van der Waals surface area (Å²) in [4.78, 5) is 24.6. The normalized spacial score (nSPS) is 10.5. The van der Waals surface area contributed by atoms with Gasteiger partial charge >= 0.3 is 5.63 Å². The number of nitrogens with one attached hydrogen (secondary N) is 1. The average Bonchev–Trinajstić information content (AvgIpc) is 2.61. The second-order valence-corrected chi connectivity index (χ2v) is 5.46. The van der Waals surface area contributed by atoms with Gasteiger partial charge in [-0.1, -0.05) is 18.2 Å². The molecule has 3 aromatic rings. The first kappa shape index (κ1) is 16.6. The molecular formula is C19H17NO5. The Morgan fingerprint density at radius 1 is 1.04 bits per heavy atom. The van der Waals surface area contributed by atoms with E-state index in [1.54, 1.807) is 24.3 Å². The number of hydrogen-bond donors (Lipinski definition) is 1. The predicted molar refractivity (Wildman–Crippen MR) is 94.7 cm³/mol. The van der Waals surface area contributed by atoms with Crippen LogP contribution < -0.4 is 20.4 Å². The fourth-order valence-electron chi connectivity index (χ4n) is 2.56. The smallest absolute Gasteiger partial charge is 0.349 e. The maximum absolute atomic E-state index is 12.5. The fourth-order valence-corrected chi connectivity index (χ4v) is 2.56. The summed E-state index contributed by atoms with van der Waals surface area (Å²) in [6.07, 6.45) is 0. The summed E-state index contributed by atoms with van der Waals surface area (Å²) < 4.78 is 15.7. The highest BCUT2D eigenvalue weighted by atomic mass is 16.5. The third kappa shape index (κ3) is 3.19. The predicted octanol–water partition coefficient (Wildman–Crippen LogP) is 3.37. The molecule has 0 radical (unpaired) electrons. The van der Waals surface area contributed by atoms with Crippen LogP contribution in [0.25, 0.3) is 11.0 Å². The van der Waals surface area contributed by atoms with Crippen molar-refractivity contribution in [2.45, 2.75) is 6.92 Å². The van der Waals surface area contributed by atoms with Gasteiger partial charge in [-0.3, -0.25) is 4.79 Å². The largest absolute Gasteiger partial charge is 0.493 e. The van der Waals surface area contributed by atoms with Gasteiger partial charge in [-0.05, 0) is 30.7 Å². The summed E-state index contributed by atoms with van der Waals surface area (Å²) in [6.45, 7) is 1.84. The highest BCUT2D eigenvalue weighted by Crippen LogP contribution is 2.30. The van der Waals surface area contributed by atoms with Gasteiger partial charge in [0.15, 0.2) is 11.5 Å². The molecule has 0 spiro atoms. The summed E-state index contributed by atoms with van der Waals surface area (Å²) in [5.74, 6) is 0.465. The Kier molecular flexibility index (Phi) is 4.43. The van der Waals surface area contributed by atoms with Gasteiger partial charge in [-0.25, -0.2) is 4.79 Å². The second kappa shape index (κ2) is 6.68. The zero-order valence-electron chi connectivity index (χ0n) is 14.1. The molecule has 6 heteroatoms. The van der Waals surface area contributed by atoms with Crippen molar-refractivity contribution in [2.75, 3.05) is 19.5 Å². The van der Waals surface area contributed by atoms with Crippen molar-refractivity contribution in [3.8, 4) is 11.5 Å². The lowest BCUT2D eigenvalue weighted by Crippen LogP contribution is -2.20. The minimum atomic E-state index is -0.681. The number of hydrogen-bond acceptors (Lipinski definition) is 5. The molecule has 1 heterocycles. The number of rotatable bonds is 4. The Balaban J connectivity index is 1.95. The monoisotopic (exact) mass is 339 g/mol. The molecule has 3 rings (SSSR count). The molecular weight excluding hydrogens is 322 g/mol. The third-order valence-electron chi connectivity index (χ3n) is 3.84. The Bertz CT molecular complexity index is 1010. The molecule has 2 aromatic carbocycles. The van der Waals surface area contributed by atoms with Crippen LogP contribution in [0.1, 0.15) is 15.9 Å². The Hall–Kier alpha value is -3.28. The topological polar surface area (TPSA) is 77.8 Å². The van der Waals surface area contributed by atoms with E-state index in [-0.39, 0.29) is 5.56 Å². The van der Waals surface area contributed by atoms with Gasteiger partial charge in [0.1, 0.15) is 11.1 Å². The van der Waals surface area contributed by atoms with Crippen molar-refractivity contribution in [1.82, 2.24) is 0 Å². The summed E-state index contributed by atoms with van der Waals surface area (Å²) in [6, 6.07) is 11.9. The number of amides is 1. The standard InChI is InChI=1S/C19H17NO5/c1-11-5-4-6-12-9-14(19(22)25-17(11)12)18(21)20-13-7-8-15(23-2)16(10-13)24-3/h4-10H,1-3H3,(H,20,21). The molecule has 0 saturated carbocycles. The SMILES string of the molecule is COc1ccc(NC(=O)c2cc3cccc(C)c3oc2=O)cc1OC. The molecule has 0 fully saturated rings. The molecule has 128 valence electrons. The van der Waals surface area contributed by atoms with Crippen LogP contribution >= 0.6 is 0 Å². The van der Waals surface area contributed by atoms with Crippen LogP contribution in [0.15, 0.2) is 51.7 Å². The van der Waals surface area contributed by atoms with Crippen LogP contribution in [-0.4, -0.2) is 20.1 Å². The van der Waals surface area contributed by atoms with Crippen molar-refractivity contribution >= 4 is 22.6 Å². The highest BCUT2D eigenvalue weighted by molar-refractivity contribution is 6.05. The van der Waals surface area contributed by atoms with Gasteiger partial charge in [0.05, 0.1) is 14.2 Å². The van der Waals surface area contributed by atoms with E-state index in [1.165, 1.54) is 20.3 Å². The first-order chi connectivity index (χ1) is 12.0. The lowest BCUT2D eigenvalue weighted by Gasteiger charge is -2.10. The number of fused-ring (bicyclic) bond motifs is 1. The number of anilines is 1. The minimum Gasteiger partial charge on any atom is -0.493 e. The summed E-state index contributed by atoms with van der Waals surface area (Å²) in [7, 11) is 3.03. The van der Waals surface area contributed by atoms with E-state index in [9.17, 15) is 9.59 Å². The van der Waals surface area contributed by atoms with E-state index < -0.39 is 11.5 Å². The van der Waals surface area contributed by atoms with Gasteiger partial charge in [0.2, 0.25) is 0 Å². The molecule has 25 heavy (non-hydrogen) atoms. The number of carbonyl (C=O) groups excluding carboxylic acids is 1. The van der Waals surface area contributed by atoms with E-state index in [0.29, 0.717) is 28.2 Å². The van der Waals surface area contributed by atoms with E-state index in [4.69, 9.17) is 13.9 Å². The van der Waals surface area contributed by atoms with Crippen molar-refractivity contribution in [3.05, 3.63) is 64.0 Å². The molecule has 0 bridgehead atoms. The second-order valence-electron chi connectivity index (χ2n) is 5.46. The molecule has 6 nitrogen and oxygen atoms in total. The zero-order chi connectivity index (χ0) is 18.0. The Labute approximate surface area is 144 Å². The van der Waals surface area contributed by atoms with Crippen LogP contribution in [0, 0.1) is 6.92 Å². The van der Waals surface area contributed by atoms with Crippen LogP contribution in [0.5, 0.6) is 11.5 Å². The molecule has 0 aliphatic carbocycles. The number of aryl methyl sites for hydroxylation is 1. The van der Waals surface area contributed by atoms with Crippen molar-refractivity contribution in [2.24, 2.45) is 0 Å². The lowest BCUT2D eigenvalue weighted by molar-refractivity contribution is 0.102. The van der Waals surface area contributed by atoms with E-state index in [2.05, 4.69) is 5.32 Å². The first-order valence-electron chi connectivity index (χ1n) is 7.60. The first-order valence-corrected chi connectivity index (χ1v) is 7.60. The van der Waals surface area contributed by atoms with Gasteiger partial charge in [0.25, 0.3) is 5.91 Å². The maximum atomic E-state index is 12.5. The van der Waals surface area contributed by atoms with Crippen LogP contribution in [-0.2, 0) is 0 Å². The average molecular weight is 339 g/mol. The van der Waals surface area contributed by atoms with Crippen molar-refractivity contribution in [1.29, 1.82) is 0 Å². The molecule has 0 unspecified atom stereocenters. The maximum Gasteiger partial charge on any atom is 0.349 e. The minimum absolute atomic E-state index is 0.0621. The van der Waals surface area contributed by atoms with Crippen LogP contribution in [0.3, 0.4) is 0 Å².